The maximum Gasteiger partial charge on any atom is 0.332 e. The van der Waals surface area contributed by atoms with E-state index >= 15 is 0 Å². The molecule has 0 aromatic heterocycles. The minimum absolute atomic E-state index is 0.360. The Labute approximate surface area is 89.3 Å². The summed E-state index contributed by atoms with van der Waals surface area (Å²) in [6, 6.07) is 1.56. The second-order valence-corrected chi connectivity index (χ2v) is 3.24. The zero-order chi connectivity index (χ0) is 13.0. The van der Waals surface area contributed by atoms with Crippen molar-refractivity contribution >= 4 is 0 Å². The van der Waals surface area contributed by atoms with Crippen LogP contribution >= 0.6 is 0 Å². The number of hydrogen-bond donors (Lipinski definition) is 0. The maximum absolute atomic E-state index is 13.3. The molecule has 0 rings (SSSR count). The molecule has 0 aromatic carbocycles. The molecular weight excluding hydrogens is 233 g/mol. The van der Waals surface area contributed by atoms with Gasteiger partial charge in [0.1, 0.15) is 5.60 Å². The Kier molecular flexibility index (Phi) is 4.87. The zero-order valence-corrected chi connectivity index (χ0v) is 8.66. The smallest absolute Gasteiger partial charge is 0.332 e. The summed E-state index contributed by atoms with van der Waals surface area (Å²) in [4.78, 5) is 0. The Morgan fingerprint density at radius 1 is 1.31 bits per heavy atom. The van der Waals surface area contributed by atoms with Crippen LogP contribution in [0.3, 0.4) is 0 Å². The Morgan fingerprint density at radius 2 is 1.81 bits per heavy atom. The highest BCUT2D eigenvalue weighted by atomic mass is 19.3. The van der Waals surface area contributed by atoms with Crippen molar-refractivity contribution in [1.82, 2.24) is 0 Å². The highest BCUT2D eigenvalue weighted by Crippen LogP contribution is 2.42. The number of ether oxygens (including phenoxy) is 1. The molecule has 0 aliphatic carbocycles. The largest absolute Gasteiger partial charge is 0.372 e. The lowest BCUT2D eigenvalue weighted by Gasteiger charge is -2.34. The molecule has 7 heteroatoms. The Morgan fingerprint density at radius 3 is 2.12 bits per heavy atom. The van der Waals surface area contributed by atoms with Gasteiger partial charge < -0.3 is 4.74 Å². The number of hydrogen-bond acceptors (Lipinski definition) is 2. The van der Waals surface area contributed by atoms with Crippen LogP contribution in [0.15, 0.2) is 11.9 Å². The van der Waals surface area contributed by atoms with E-state index in [1.807, 2.05) is 0 Å². The van der Waals surface area contributed by atoms with Crippen LogP contribution in [0.5, 0.6) is 0 Å². The summed E-state index contributed by atoms with van der Waals surface area (Å²) in [6.45, 7) is 0.771. The molecule has 0 saturated carbocycles. The average molecular weight is 243 g/mol. The molecule has 0 N–H and O–H groups in total. The molecule has 92 valence electrons. The van der Waals surface area contributed by atoms with Crippen LogP contribution in [-0.2, 0) is 4.74 Å². The summed E-state index contributed by atoms with van der Waals surface area (Å²) in [7, 11) is 0.842. The maximum atomic E-state index is 13.3. The van der Waals surface area contributed by atoms with Crippen LogP contribution in [-0.4, -0.2) is 18.6 Å². The third kappa shape index (κ3) is 2.70. The summed E-state index contributed by atoms with van der Waals surface area (Å²) in [6.07, 6.45) is -4.01. The summed E-state index contributed by atoms with van der Waals surface area (Å²) >= 11 is 0. The molecule has 0 saturated heterocycles. The number of methoxy groups -OCH3 is 1. The van der Waals surface area contributed by atoms with Gasteiger partial charge in [-0.2, -0.15) is 27.2 Å². The van der Waals surface area contributed by atoms with Crippen LogP contribution in [0.4, 0.5) is 22.0 Å². The Balaban J connectivity index is 5.23. The molecule has 1 unspecified atom stereocenters. The van der Waals surface area contributed by atoms with Crippen LogP contribution in [0.2, 0.25) is 0 Å². The second-order valence-electron chi connectivity index (χ2n) is 3.24. The molecule has 0 aliphatic heterocycles. The van der Waals surface area contributed by atoms with E-state index in [-0.39, 0.29) is 6.42 Å². The molecule has 2 nitrogen and oxygen atoms in total. The third-order valence-electron chi connectivity index (χ3n) is 2.27. The lowest BCUT2D eigenvalue weighted by molar-refractivity contribution is -0.179. The first-order valence-electron chi connectivity index (χ1n) is 4.24. The summed E-state index contributed by atoms with van der Waals surface area (Å²) in [5, 5.41) is 8.23. The standard InChI is InChI=1S/C9H10F5NO/c1-8(16-2,4-3-5-15)9(13,14)6(10)7(11)12/h3-4H2,1-2H3. The zero-order valence-electron chi connectivity index (χ0n) is 8.66. The van der Waals surface area contributed by atoms with Gasteiger partial charge in [-0.1, -0.05) is 0 Å². The van der Waals surface area contributed by atoms with Crippen molar-refractivity contribution in [2.45, 2.75) is 31.3 Å². The van der Waals surface area contributed by atoms with Crippen molar-refractivity contribution in [2.75, 3.05) is 7.11 Å². The highest BCUT2D eigenvalue weighted by Gasteiger charge is 2.56. The van der Waals surface area contributed by atoms with Gasteiger partial charge in [0.2, 0.25) is 5.83 Å². The molecule has 0 spiro atoms. The van der Waals surface area contributed by atoms with Gasteiger partial charge in [-0.25, -0.2) is 0 Å². The monoisotopic (exact) mass is 243 g/mol. The molecule has 0 bridgehead atoms. The van der Waals surface area contributed by atoms with E-state index < -0.39 is 29.9 Å². The molecule has 0 fully saturated rings. The van der Waals surface area contributed by atoms with Gasteiger partial charge in [-0.3, -0.25) is 0 Å². The lowest BCUT2D eigenvalue weighted by atomic mass is 9.91. The number of rotatable bonds is 5. The van der Waals surface area contributed by atoms with E-state index in [1.165, 1.54) is 0 Å². The fourth-order valence-corrected chi connectivity index (χ4v) is 1.03. The van der Waals surface area contributed by atoms with Gasteiger partial charge in [0, 0.05) is 13.5 Å². The number of halogens is 5. The van der Waals surface area contributed by atoms with Crippen molar-refractivity contribution in [3.05, 3.63) is 11.9 Å². The minimum atomic E-state index is -4.47. The molecule has 16 heavy (non-hydrogen) atoms. The number of alkyl halides is 2. The van der Waals surface area contributed by atoms with Crippen molar-refractivity contribution in [1.29, 1.82) is 5.26 Å². The van der Waals surface area contributed by atoms with Crippen molar-refractivity contribution in [3.8, 4) is 6.07 Å². The summed E-state index contributed by atoms with van der Waals surface area (Å²) in [5.41, 5.74) is -2.48. The highest BCUT2D eigenvalue weighted by molar-refractivity contribution is 5.13. The first kappa shape index (κ1) is 14.8. The second kappa shape index (κ2) is 5.25. The molecule has 0 amide bonds. The Bertz CT molecular complexity index is 318. The predicted molar refractivity (Wildman–Crippen MR) is 45.6 cm³/mol. The molecule has 0 aromatic rings. The molecule has 0 aliphatic rings. The van der Waals surface area contributed by atoms with E-state index in [9.17, 15) is 22.0 Å². The fourth-order valence-electron chi connectivity index (χ4n) is 1.03. The first-order valence-corrected chi connectivity index (χ1v) is 4.24. The van der Waals surface area contributed by atoms with Gasteiger partial charge in [0.15, 0.2) is 0 Å². The number of nitriles is 1. The average Bonchev–Trinajstić information content (AvgIpc) is 2.24. The van der Waals surface area contributed by atoms with Gasteiger partial charge in [0.25, 0.3) is 0 Å². The van der Waals surface area contributed by atoms with Crippen molar-refractivity contribution in [2.24, 2.45) is 0 Å². The normalized spacial score (nSPS) is 15.1. The third-order valence-corrected chi connectivity index (χ3v) is 2.27. The van der Waals surface area contributed by atoms with Crippen LogP contribution in [0.1, 0.15) is 19.8 Å². The summed E-state index contributed by atoms with van der Waals surface area (Å²) in [5.74, 6) is -7.30. The van der Waals surface area contributed by atoms with E-state index in [1.54, 1.807) is 6.07 Å². The van der Waals surface area contributed by atoms with E-state index in [2.05, 4.69) is 4.74 Å². The van der Waals surface area contributed by atoms with Crippen molar-refractivity contribution < 1.29 is 26.7 Å². The van der Waals surface area contributed by atoms with E-state index in [0.29, 0.717) is 0 Å². The van der Waals surface area contributed by atoms with Crippen LogP contribution in [0, 0.1) is 11.3 Å². The first-order chi connectivity index (χ1) is 7.23. The molecule has 0 radical (unpaired) electrons. The van der Waals surface area contributed by atoms with E-state index in [4.69, 9.17) is 5.26 Å². The van der Waals surface area contributed by atoms with Gasteiger partial charge >= 0.3 is 12.0 Å². The predicted octanol–water partition coefficient (Wildman–Crippen LogP) is 3.41. The van der Waals surface area contributed by atoms with Gasteiger partial charge in [-0.15, -0.1) is 0 Å². The van der Waals surface area contributed by atoms with Crippen LogP contribution in [0.25, 0.3) is 0 Å². The van der Waals surface area contributed by atoms with Gasteiger partial charge in [-0.05, 0) is 13.3 Å². The lowest BCUT2D eigenvalue weighted by Crippen LogP contribution is -2.47. The van der Waals surface area contributed by atoms with Crippen LogP contribution < -0.4 is 0 Å². The molecule has 1 atom stereocenters. The topological polar surface area (TPSA) is 33.0 Å². The minimum Gasteiger partial charge on any atom is -0.372 e. The van der Waals surface area contributed by atoms with Crippen molar-refractivity contribution in [3.63, 3.8) is 0 Å². The van der Waals surface area contributed by atoms with Gasteiger partial charge in [0.05, 0.1) is 6.07 Å². The SMILES string of the molecule is COC(C)(CCC#N)C(F)(F)C(F)=C(F)F. The van der Waals surface area contributed by atoms with E-state index in [0.717, 1.165) is 14.0 Å². The summed E-state index contributed by atoms with van der Waals surface area (Å²) < 4.78 is 67.2. The molecular formula is C9H10F5NO. The molecule has 0 heterocycles. The number of nitrogens with zero attached hydrogens (tertiary/aromatic N) is 1. The quantitative estimate of drug-likeness (QED) is 0.693. The Hall–Kier alpha value is -1.16. The fraction of sp³-hybridized carbons (Fsp3) is 0.667.